The second-order valence-electron chi connectivity index (χ2n) is 8.08. The summed E-state index contributed by atoms with van der Waals surface area (Å²) in [6.07, 6.45) is 5.71. The van der Waals surface area contributed by atoms with Crippen LogP contribution in [-0.4, -0.2) is 52.3 Å². The normalized spacial score (nSPS) is 16.0. The van der Waals surface area contributed by atoms with Gasteiger partial charge in [-0.25, -0.2) is 4.39 Å². The molecule has 2 amide bonds. The lowest BCUT2D eigenvalue weighted by Gasteiger charge is -2.40. The van der Waals surface area contributed by atoms with Crippen LogP contribution in [0.25, 0.3) is 11.1 Å². The Labute approximate surface area is 193 Å². The first-order valence-electron chi connectivity index (χ1n) is 11.0. The molecule has 5 nitrogen and oxygen atoms in total. The number of hydrogen-bond donors (Lipinski definition) is 0. The number of carbonyl (C=O) groups is 2. The van der Waals surface area contributed by atoms with Crippen LogP contribution < -0.4 is 0 Å². The summed E-state index contributed by atoms with van der Waals surface area (Å²) < 4.78 is 13.3. The maximum atomic E-state index is 13.4. The van der Waals surface area contributed by atoms with Crippen LogP contribution in [0.4, 0.5) is 4.39 Å². The van der Waals surface area contributed by atoms with Crippen molar-refractivity contribution in [1.29, 1.82) is 0 Å². The van der Waals surface area contributed by atoms with E-state index in [1.54, 1.807) is 40.4 Å². The summed E-state index contributed by atoms with van der Waals surface area (Å²) in [6.45, 7) is 5.11. The molecule has 2 aromatic carbocycles. The highest BCUT2D eigenvalue weighted by Gasteiger charge is 2.37. The number of halogens is 1. The lowest BCUT2D eigenvalue weighted by Crippen LogP contribution is -2.59. The average Bonchev–Trinajstić information content (AvgIpc) is 2.84. The smallest absolute Gasteiger partial charge is 0.246 e. The molecule has 1 aromatic heterocycles. The SMILES string of the molecule is C=CCN1CCN(C(=O)Cc2ccc(F)cc2)C(Cc2ccccc2-c2ccncc2)C1=O. The number of nitrogens with zero attached hydrogens (tertiary/aromatic N) is 3. The van der Waals surface area contributed by atoms with Crippen LogP contribution >= 0.6 is 0 Å². The second kappa shape index (κ2) is 10.2. The maximum Gasteiger partial charge on any atom is 0.246 e. The van der Waals surface area contributed by atoms with Crippen LogP contribution in [0.1, 0.15) is 11.1 Å². The molecule has 0 spiro atoms. The van der Waals surface area contributed by atoms with Crippen molar-refractivity contribution in [3.05, 3.63) is 103 Å². The Morgan fingerprint density at radius 1 is 1.06 bits per heavy atom. The van der Waals surface area contributed by atoms with Gasteiger partial charge in [-0.05, 0) is 46.5 Å². The van der Waals surface area contributed by atoms with Crippen LogP contribution in [0.2, 0.25) is 0 Å². The molecule has 0 aliphatic carbocycles. The molecule has 0 bridgehead atoms. The van der Waals surface area contributed by atoms with Gasteiger partial charge in [0.05, 0.1) is 6.42 Å². The van der Waals surface area contributed by atoms with Crippen molar-refractivity contribution in [3.8, 4) is 11.1 Å². The third kappa shape index (κ3) is 5.17. The standard InChI is InChI=1S/C27H26FN3O2/c1-2-15-30-16-17-31(26(32)18-20-7-9-23(28)10-8-20)25(27(30)33)19-22-5-3-4-6-24(22)21-11-13-29-14-12-21/h2-14,25H,1,15-19H2. The number of aromatic nitrogens is 1. The van der Waals surface area contributed by atoms with Crippen molar-refractivity contribution in [2.75, 3.05) is 19.6 Å². The Morgan fingerprint density at radius 2 is 1.79 bits per heavy atom. The zero-order chi connectivity index (χ0) is 23.2. The molecule has 4 rings (SSSR count). The van der Waals surface area contributed by atoms with E-state index in [-0.39, 0.29) is 24.1 Å². The molecule has 1 fully saturated rings. The number of piperazine rings is 1. The van der Waals surface area contributed by atoms with Crippen molar-refractivity contribution in [2.24, 2.45) is 0 Å². The zero-order valence-electron chi connectivity index (χ0n) is 18.4. The van der Waals surface area contributed by atoms with E-state index in [2.05, 4.69) is 11.6 Å². The number of benzene rings is 2. The molecule has 1 aliphatic rings. The molecular formula is C27H26FN3O2. The number of hydrogen-bond acceptors (Lipinski definition) is 3. The van der Waals surface area contributed by atoms with E-state index in [1.165, 1.54) is 12.1 Å². The van der Waals surface area contributed by atoms with Gasteiger partial charge in [-0.15, -0.1) is 6.58 Å². The molecule has 1 unspecified atom stereocenters. The molecule has 3 aromatic rings. The third-order valence-electron chi connectivity index (χ3n) is 5.94. The van der Waals surface area contributed by atoms with Crippen molar-refractivity contribution >= 4 is 11.8 Å². The minimum atomic E-state index is -0.616. The van der Waals surface area contributed by atoms with E-state index in [0.717, 1.165) is 22.3 Å². The lowest BCUT2D eigenvalue weighted by atomic mass is 9.93. The van der Waals surface area contributed by atoms with Gasteiger partial charge in [0.15, 0.2) is 0 Å². The van der Waals surface area contributed by atoms with Crippen LogP contribution in [-0.2, 0) is 22.4 Å². The number of rotatable bonds is 7. The lowest BCUT2D eigenvalue weighted by molar-refractivity contribution is -0.150. The van der Waals surface area contributed by atoms with Crippen molar-refractivity contribution in [2.45, 2.75) is 18.9 Å². The highest BCUT2D eigenvalue weighted by atomic mass is 19.1. The molecule has 168 valence electrons. The fourth-order valence-corrected chi connectivity index (χ4v) is 4.27. The van der Waals surface area contributed by atoms with Gasteiger partial charge in [0.25, 0.3) is 0 Å². The molecule has 2 heterocycles. The van der Waals surface area contributed by atoms with E-state index < -0.39 is 6.04 Å². The molecule has 0 saturated carbocycles. The quantitative estimate of drug-likeness (QED) is 0.521. The summed E-state index contributed by atoms with van der Waals surface area (Å²) in [5.74, 6) is -0.567. The number of carbonyl (C=O) groups excluding carboxylic acids is 2. The minimum Gasteiger partial charge on any atom is -0.335 e. The molecule has 0 radical (unpaired) electrons. The Balaban J connectivity index is 1.63. The Morgan fingerprint density at radius 3 is 2.52 bits per heavy atom. The van der Waals surface area contributed by atoms with Crippen molar-refractivity contribution < 1.29 is 14.0 Å². The van der Waals surface area contributed by atoms with Crippen LogP contribution in [0.5, 0.6) is 0 Å². The largest absolute Gasteiger partial charge is 0.335 e. The summed E-state index contributed by atoms with van der Waals surface area (Å²) in [7, 11) is 0. The molecule has 1 saturated heterocycles. The van der Waals surface area contributed by atoms with Gasteiger partial charge >= 0.3 is 0 Å². The zero-order valence-corrected chi connectivity index (χ0v) is 18.4. The van der Waals surface area contributed by atoms with Gasteiger partial charge in [-0.3, -0.25) is 14.6 Å². The molecular weight excluding hydrogens is 417 g/mol. The van der Waals surface area contributed by atoms with E-state index in [9.17, 15) is 14.0 Å². The molecule has 1 atom stereocenters. The van der Waals surface area contributed by atoms with Crippen molar-refractivity contribution in [1.82, 2.24) is 14.8 Å². The predicted octanol–water partition coefficient (Wildman–Crippen LogP) is 3.90. The average molecular weight is 444 g/mol. The minimum absolute atomic E-state index is 0.0851. The Kier molecular flexibility index (Phi) is 6.93. The first-order chi connectivity index (χ1) is 16.1. The van der Waals surface area contributed by atoms with Gasteiger partial charge in [-0.2, -0.15) is 0 Å². The van der Waals surface area contributed by atoms with E-state index in [0.29, 0.717) is 26.1 Å². The fraction of sp³-hybridized carbons (Fsp3) is 0.222. The molecule has 1 aliphatic heterocycles. The van der Waals surface area contributed by atoms with Gasteiger partial charge in [0, 0.05) is 38.4 Å². The Bertz CT molecular complexity index is 1130. The van der Waals surface area contributed by atoms with Gasteiger partial charge in [0.2, 0.25) is 11.8 Å². The van der Waals surface area contributed by atoms with Gasteiger partial charge < -0.3 is 9.80 Å². The maximum absolute atomic E-state index is 13.4. The monoisotopic (exact) mass is 443 g/mol. The van der Waals surface area contributed by atoms with Crippen LogP contribution in [0, 0.1) is 5.82 Å². The number of amides is 2. The number of pyridine rings is 1. The van der Waals surface area contributed by atoms with Gasteiger partial charge in [-0.1, -0.05) is 42.5 Å². The second-order valence-corrected chi connectivity index (χ2v) is 8.08. The third-order valence-corrected chi connectivity index (χ3v) is 5.94. The highest BCUT2D eigenvalue weighted by molar-refractivity contribution is 5.90. The van der Waals surface area contributed by atoms with Crippen molar-refractivity contribution in [3.63, 3.8) is 0 Å². The van der Waals surface area contributed by atoms with E-state index in [1.807, 2.05) is 36.4 Å². The van der Waals surface area contributed by atoms with Crippen LogP contribution in [0.3, 0.4) is 0 Å². The van der Waals surface area contributed by atoms with E-state index in [4.69, 9.17) is 0 Å². The Hall–Kier alpha value is -3.80. The van der Waals surface area contributed by atoms with Crippen LogP contribution in [0.15, 0.2) is 85.7 Å². The summed E-state index contributed by atoms with van der Waals surface area (Å²) in [5, 5.41) is 0. The summed E-state index contributed by atoms with van der Waals surface area (Å²) >= 11 is 0. The predicted molar refractivity (Wildman–Crippen MR) is 126 cm³/mol. The molecule has 6 heteroatoms. The first kappa shape index (κ1) is 22.4. The highest BCUT2D eigenvalue weighted by Crippen LogP contribution is 2.27. The van der Waals surface area contributed by atoms with Gasteiger partial charge in [0.1, 0.15) is 11.9 Å². The summed E-state index contributed by atoms with van der Waals surface area (Å²) in [4.78, 5) is 34.2. The first-order valence-corrected chi connectivity index (χ1v) is 11.0. The topological polar surface area (TPSA) is 53.5 Å². The molecule has 0 N–H and O–H groups in total. The molecule has 33 heavy (non-hydrogen) atoms. The van der Waals surface area contributed by atoms with E-state index >= 15 is 0 Å². The fourth-order valence-electron chi connectivity index (χ4n) is 4.27. The summed E-state index contributed by atoms with van der Waals surface area (Å²) in [5.41, 5.74) is 3.73. The summed E-state index contributed by atoms with van der Waals surface area (Å²) in [6, 6.07) is 17.1.